The molecule has 0 radical (unpaired) electrons. The molecule has 1 aliphatic heterocycles. The molecule has 1 fully saturated rings. The van der Waals surface area contributed by atoms with Crippen LogP contribution >= 0.6 is 0 Å². The van der Waals surface area contributed by atoms with Crippen LogP contribution in [0.15, 0.2) is 18.2 Å². The Morgan fingerprint density at radius 2 is 2.00 bits per heavy atom. The van der Waals surface area contributed by atoms with Gasteiger partial charge in [-0.05, 0) is 18.2 Å². The Morgan fingerprint density at radius 1 is 1.33 bits per heavy atom. The van der Waals surface area contributed by atoms with Crippen molar-refractivity contribution in [2.24, 2.45) is 0 Å². The Morgan fingerprint density at radius 3 is 2.56 bits per heavy atom. The summed E-state index contributed by atoms with van der Waals surface area (Å²) in [6.45, 7) is 2.21. The molecule has 0 unspecified atom stereocenters. The number of ether oxygens (including phenoxy) is 1. The molecular formula is C12H16FN3O2. The van der Waals surface area contributed by atoms with Gasteiger partial charge in [-0.15, -0.1) is 0 Å². The lowest BCUT2D eigenvalue weighted by molar-refractivity contribution is 0.121. The third kappa shape index (κ3) is 2.47. The van der Waals surface area contributed by atoms with Gasteiger partial charge in [0, 0.05) is 31.9 Å². The lowest BCUT2D eigenvalue weighted by atomic mass is 10.2. The molecule has 6 heteroatoms. The number of nitrogen functional groups attached to an aromatic ring is 1. The first-order chi connectivity index (χ1) is 8.61. The van der Waals surface area contributed by atoms with Crippen molar-refractivity contribution in [1.29, 1.82) is 0 Å². The monoisotopic (exact) mass is 253 g/mol. The number of halogens is 1. The summed E-state index contributed by atoms with van der Waals surface area (Å²) >= 11 is 0. The molecule has 0 bridgehead atoms. The van der Waals surface area contributed by atoms with Gasteiger partial charge >= 0.3 is 6.09 Å². The van der Waals surface area contributed by atoms with Gasteiger partial charge in [0.25, 0.3) is 0 Å². The predicted octanol–water partition coefficient (Wildman–Crippen LogP) is 1.30. The quantitative estimate of drug-likeness (QED) is 0.766. The van der Waals surface area contributed by atoms with Crippen LogP contribution in [0.4, 0.5) is 20.6 Å². The van der Waals surface area contributed by atoms with Gasteiger partial charge in [0.2, 0.25) is 0 Å². The molecule has 1 aromatic rings. The molecule has 0 aromatic heterocycles. The first-order valence-corrected chi connectivity index (χ1v) is 5.74. The summed E-state index contributed by atoms with van der Waals surface area (Å²) in [4.78, 5) is 14.8. The lowest BCUT2D eigenvalue weighted by Gasteiger charge is -2.35. The minimum atomic E-state index is -0.340. The van der Waals surface area contributed by atoms with E-state index in [0.717, 1.165) is 0 Å². The third-order valence-electron chi connectivity index (χ3n) is 3.02. The van der Waals surface area contributed by atoms with E-state index in [0.29, 0.717) is 37.6 Å². The highest BCUT2D eigenvalue weighted by Gasteiger charge is 2.22. The summed E-state index contributed by atoms with van der Waals surface area (Å²) in [6, 6.07) is 4.64. The summed E-state index contributed by atoms with van der Waals surface area (Å²) in [5.74, 6) is -0.332. The van der Waals surface area contributed by atoms with Crippen LogP contribution in [0.5, 0.6) is 0 Å². The number of anilines is 2. The zero-order chi connectivity index (χ0) is 13.1. The zero-order valence-electron chi connectivity index (χ0n) is 10.2. The van der Waals surface area contributed by atoms with Gasteiger partial charge in [0.05, 0.1) is 12.8 Å². The maximum Gasteiger partial charge on any atom is 0.409 e. The normalized spacial score (nSPS) is 15.7. The van der Waals surface area contributed by atoms with Crippen molar-refractivity contribution in [3.05, 3.63) is 24.0 Å². The van der Waals surface area contributed by atoms with Crippen molar-refractivity contribution < 1.29 is 13.9 Å². The standard InChI is InChI=1S/C12H16FN3O2/c1-18-12(17)16-6-4-15(5-7-16)11-3-2-9(14)8-10(11)13/h2-3,8H,4-7,14H2,1H3. The highest BCUT2D eigenvalue weighted by Crippen LogP contribution is 2.22. The van der Waals surface area contributed by atoms with E-state index in [1.54, 1.807) is 17.0 Å². The second-order valence-electron chi connectivity index (χ2n) is 4.15. The third-order valence-corrected chi connectivity index (χ3v) is 3.02. The number of benzene rings is 1. The van der Waals surface area contributed by atoms with Crippen molar-refractivity contribution in [3.8, 4) is 0 Å². The van der Waals surface area contributed by atoms with Crippen LogP contribution in [0.2, 0.25) is 0 Å². The molecule has 0 aliphatic carbocycles. The van der Waals surface area contributed by atoms with Gasteiger partial charge in [-0.25, -0.2) is 9.18 Å². The summed E-state index contributed by atoms with van der Waals surface area (Å²) in [5, 5.41) is 0. The van der Waals surface area contributed by atoms with E-state index in [1.807, 2.05) is 4.90 Å². The van der Waals surface area contributed by atoms with Gasteiger partial charge in [0.15, 0.2) is 0 Å². The zero-order valence-corrected chi connectivity index (χ0v) is 10.2. The summed E-state index contributed by atoms with van der Waals surface area (Å²) in [6.07, 6.45) is -0.340. The molecule has 1 aliphatic rings. The maximum absolute atomic E-state index is 13.7. The number of hydrogen-bond donors (Lipinski definition) is 1. The van der Waals surface area contributed by atoms with E-state index >= 15 is 0 Å². The second kappa shape index (κ2) is 5.12. The number of nitrogens with two attached hydrogens (primary N) is 1. The first-order valence-electron chi connectivity index (χ1n) is 5.74. The van der Waals surface area contributed by atoms with Crippen LogP contribution in [0.1, 0.15) is 0 Å². The molecule has 0 spiro atoms. The summed E-state index contributed by atoms with van der Waals surface area (Å²) < 4.78 is 18.4. The molecule has 1 saturated heterocycles. The largest absolute Gasteiger partial charge is 0.453 e. The van der Waals surface area contributed by atoms with E-state index < -0.39 is 0 Å². The van der Waals surface area contributed by atoms with E-state index in [9.17, 15) is 9.18 Å². The van der Waals surface area contributed by atoms with Crippen LogP contribution in [0.25, 0.3) is 0 Å². The van der Waals surface area contributed by atoms with E-state index in [-0.39, 0.29) is 11.9 Å². The number of rotatable bonds is 1. The number of nitrogens with zero attached hydrogens (tertiary/aromatic N) is 2. The van der Waals surface area contributed by atoms with Crippen LogP contribution in [-0.4, -0.2) is 44.3 Å². The fraction of sp³-hybridized carbons (Fsp3) is 0.417. The van der Waals surface area contributed by atoms with Crippen LogP contribution in [-0.2, 0) is 4.74 Å². The SMILES string of the molecule is COC(=O)N1CCN(c2ccc(N)cc2F)CC1. The number of piperazine rings is 1. The fourth-order valence-electron chi connectivity index (χ4n) is 2.04. The van der Waals surface area contributed by atoms with Crippen molar-refractivity contribution in [3.63, 3.8) is 0 Å². The molecule has 2 N–H and O–H groups in total. The minimum Gasteiger partial charge on any atom is -0.453 e. The Hall–Kier alpha value is -1.98. The molecule has 18 heavy (non-hydrogen) atoms. The predicted molar refractivity (Wildman–Crippen MR) is 67.0 cm³/mol. The average Bonchev–Trinajstić information content (AvgIpc) is 2.38. The molecule has 1 heterocycles. The summed E-state index contributed by atoms with van der Waals surface area (Å²) in [5.41, 5.74) is 6.44. The van der Waals surface area contributed by atoms with Gasteiger partial charge in [0.1, 0.15) is 5.82 Å². The molecule has 2 rings (SSSR count). The lowest BCUT2D eigenvalue weighted by Crippen LogP contribution is -2.49. The maximum atomic E-state index is 13.7. The Bertz CT molecular complexity index is 445. The van der Waals surface area contributed by atoms with Gasteiger partial charge in [-0.1, -0.05) is 0 Å². The highest BCUT2D eigenvalue weighted by atomic mass is 19.1. The fourth-order valence-corrected chi connectivity index (χ4v) is 2.04. The number of amides is 1. The van der Waals surface area contributed by atoms with Crippen LogP contribution in [0, 0.1) is 5.82 Å². The number of carbonyl (C=O) groups excluding carboxylic acids is 1. The van der Waals surface area contributed by atoms with Crippen molar-refractivity contribution in [2.75, 3.05) is 43.9 Å². The Kier molecular flexibility index (Phi) is 3.55. The molecule has 5 nitrogen and oxygen atoms in total. The Labute approximate surface area is 105 Å². The summed E-state index contributed by atoms with van der Waals surface area (Å²) in [7, 11) is 1.36. The van der Waals surface area contributed by atoms with E-state index in [4.69, 9.17) is 5.73 Å². The van der Waals surface area contributed by atoms with Crippen LogP contribution < -0.4 is 10.6 Å². The smallest absolute Gasteiger partial charge is 0.409 e. The molecule has 1 aromatic carbocycles. The van der Waals surface area contributed by atoms with Crippen molar-refractivity contribution in [1.82, 2.24) is 4.90 Å². The van der Waals surface area contributed by atoms with Crippen molar-refractivity contribution in [2.45, 2.75) is 0 Å². The Balaban J connectivity index is 2.03. The van der Waals surface area contributed by atoms with Crippen molar-refractivity contribution >= 4 is 17.5 Å². The molecule has 1 amide bonds. The van der Waals surface area contributed by atoms with Gasteiger partial charge < -0.3 is 20.3 Å². The molecule has 98 valence electrons. The average molecular weight is 253 g/mol. The van der Waals surface area contributed by atoms with Crippen LogP contribution in [0.3, 0.4) is 0 Å². The minimum absolute atomic E-state index is 0.332. The molecule has 0 atom stereocenters. The highest BCUT2D eigenvalue weighted by molar-refractivity contribution is 5.68. The molecule has 0 saturated carbocycles. The van der Waals surface area contributed by atoms with Gasteiger partial charge in [-0.2, -0.15) is 0 Å². The first kappa shape index (κ1) is 12.5. The number of methoxy groups -OCH3 is 1. The number of carbonyl (C=O) groups is 1. The molecular weight excluding hydrogens is 237 g/mol. The van der Waals surface area contributed by atoms with E-state index in [2.05, 4.69) is 4.74 Å². The second-order valence-corrected chi connectivity index (χ2v) is 4.15. The topological polar surface area (TPSA) is 58.8 Å². The number of hydrogen-bond acceptors (Lipinski definition) is 4. The van der Waals surface area contributed by atoms with Gasteiger partial charge in [-0.3, -0.25) is 0 Å². The van der Waals surface area contributed by atoms with E-state index in [1.165, 1.54) is 13.2 Å².